The van der Waals surface area contributed by atoms with Crippen LogP contribution in [0.1, 0.15) is 67.2 Å². The number of carbonyl (C=O) groups excluding carboxylic acids is 1. The van der Waals surface area contributed by atoms with Crippen LogP contribution in [0.3, 0.4) is 0 Å². The molecule has 2 aliphatic rings. The molecule has 2 rings (SSSR count). The maximum absolute atomic E-state index is 12.1. The van der Waals surface area contributed by atoms with Crippen LogP contribution in [0.5, 0.6) is 0 Å². The van der Waals surface area contributed by atoms with Gasteiger partial charge in [-0.3, -0.25) is 4.79 Å². The summed E-state index contributed by atoms with van der Waals surface area (Å²) in [7, 11) is 0. The fourth-order valence-electron chi connectivity index (χ4n) is 5.35. The topological polar surface area (TPSA) is 17.1 Å². The highest BCUT2D eigenvalue weighted by atomic mass is 16.1. The second-order valence-corrected chi connectivity index (χ2v) is 8.39. The molecule has 0 aliphatic heterocycles. The third kappa shape index (κ3) is 2.06. The molecule has 0 heterocycles. The van der Waals surface area contributed by atoms with E-state index in [1.54, 1.807) is 0 Å². The Kier molecular flexibility index (Phi) is 2.76. The van der Waals surface area contributed by atoms with Crippen LogP contribution in [-0.4, -0.2) is 5.78 Å². The number of hydrogen-bond acceptors (Lipinski definition) is 1. The lowest BCUT2D eigenvalue weighted by atomic mass is 9.50. The van der Waals surface area contributed by atoms with Crippen molar-refractivity contribution in [1.29, 1.82) is 0 Å². The van der Waals surface area contributed by atoms with Gasteiger partial charge < -0.3 is 0 Å². The van der Waals surface area contributed by atoms with Gasteiger partial charge in [0.25, 0.3) is 0 Å². The Morgan fingerprint density at radius 2 is 1.41 bits per heavy atom. The standard InChI is InChI=1S/C16H28O/c1-11-7-13(17)12(2)16(11)9-14(3,4)8-15(5,6)10-16/h11-12H,7-10H2,1-6H3/t11-,12+/m0/s1. The van der Waals surface area contributed by atoms with Crippen LogP contribution in [0.15, 0.2) is 0 Å². The molecule has 2 saturated carbocycles. The van der Waals surface area contributed by atoms with Crippen LogP contribution in [-0.2, 0) is 4.79 Å². The molecule has 98 valence electrons. The average molecular weight is 236 g/mol. The van der Waals surface area contributed by atoms with E-state index in [2.05, 4.69) is 41.5 Å². The number of hydrogen-bond donors (Lipinski definition) is 0. The molecule has 1 nitrogen and oxygen atoms in total. The predicted octanol–water partition coefficient (Wildman–Crippen LogP) is 4.45. The lowest BCUT2D eigenvalue weighted by molar-refractivity contribution is -0.124. The molecule has 0 saturated heterocycles. The molecule has 1 spiro atoms. The van der Waals surface area contributed by atoms with Crippen LogP contribution in [0.4, 0.5) is 0 Å². The van der Waals surface area contributed by atoms with E-state index in [9.17, 15) is 4.79 Å². The van der Waals surface area contributed by atoms with Crippen molar-refractivity contribution in [3.05, 3.63) is 0 Å². The maximum atomic E-state index is 12.1. The third-order valence-electron chi connectivity index (χ3n) is 5.41. The van der Waals surface area contributed by atoms with Gasteiger partial charge in [0.15, 0.2) is 0 Å². The molecule has 0 radical (unpaired) electrons. The molecule has 2 atom stereocenters. The smallest absolute Gasteiger partial charge is 0.136 e. The minimum Gasteiger partial charge on any atom is -0.299 e. The van der Waals surface area contributed by atoms with Crippen molar-refractivity contribution in [2.75, 3.05) is 0 Å². The maximum Gasteiger partial charge on any atom is 0.136 e. The molecule has 0 aromatic heterocycles. The lowest BCUT2D eigenvalue weighted by Crippen LogP contribution is -2.46. The summed E-state index contributed by atoms with van der Waals surface area (Å²) < 4.78 is 0. The van der Waals surface area contributed by atoms with Gasteiger partial charge in [-0.2, -0.15) is 0 Å². The predicted molar refractivity (Wildman–Crippen MR) is 71.8 cm³/mol. The second kappa shape index (κ2) is 3.59. The van der Waals surface area contributed by atoms with Gasteiger partial charge in [-0.15, -0.1) is 0 Å². The molecule has 0 aromatic carbocycles. The van der Waals surface area contributed by atoms with E-state index in [1.165, 1.54) is 19.3 Å². The lowest BCUT2D eigenvalue weighted by Gasteiger charge is -2.54. The summed E-state index contributed by atoms with van der Waals surface area (Å²) in [4.78, 5) is 12.1. The van der Waals surface area contributed by atoms with Crippen molar-refractivity contribution in [3.8, 4) is 0 Å². The summed E-state index contributed by atoms with van der Waals surface area (Å²) >= 11 is 0. The zero-order valence-corrected chi connectivity index (χ0v) is 12.4. The molecule has 0 bridgehead atoms. The molecule has 0 unspecified atom stereocenters. The number of Topliss-reactive ketones (excluding diaryl/α,β-unsaturated/α-hetero) is 1. The second-order valence-electron chi connectivity index (χ2n) is 8.39. The van der Waals surface area contributed by atoms with Gasteiger partial charge in [-0.25, -0.2) is 0 Å². The summed E-state index contributed by atoms with van der Waals surface area (Å²) in [5.41, 5.74) is 1.05. The van der Waals surface area contributed by atoms with Gasteiger partial charge in [0.1, 0.15) is 5.78 Å². The number of rotatable bonds is 0. The monoisotopic (exact) mass is 236 g/mol. The van der Waals surface area contributed by atoms with Crippen LogP contribution >= 0.6 is 0 Å². The average Bonchev–Trinajstić information content (AvgIpc) is 2.26. The van der Waals surface area contributed by atoms with Crippen LogP contribution in [0, 0.1) is 28.1 Å². The van der Waals surface area contributed by atoms with E-state index in [4.69, 9.17) is 0 Å². The Morgan fingerprint density at radius 3 is 1.76 bits per heavy atom. The first kappa shape index (κ1) is 13.1. The van der Waals surface area contributed by atoms with Gasteiger partial charge in [0.2, 0.25) is 0 Å². The molecule has 0 aromatic rings. The van der Waals surface area contributed by atoms with Gasteiger partial charge in [-0.05, 0) is 41.4 Å². The minimum atomic E-state index is 0.274. The molecular formula is C16H28O. The molecule has 0 N–H and O–H groups in total. The molecule has 0 amide bonds. The highest BCUT2D eigenvalue weighted by Crippen LogP contribution is 2.63. The normalized spacial score (nSPS) is 38.6. The van der Waals surface area contributed by atoms with Crippen LogP contribution in [0.2, 0.25) is 0 Å². The van der Waals surface area contributed by atoms with E-state index in [1.807, 2.05) is 0 Å². The van der Waals surface area contributed by atoms with Gasteiger partial charge in [0, 0.05) is 12.3 Å². The summed E-state index contributed by atoms with van der Waals surface area (Å²) in [6, 6.07) is 0. The largest absolute Gasteiger partial charge is 0.299 e. The Bertz CT molecular complexity index is 321. The van der Waals surface area contributed by atoms with Gasteiger partial charge >= 0.3 is 0 Å². The first-order valence-electron chi connectivity index (χ1n) is 7.11. The number of carbonyl (C=O) groups is 1. The fraction of sp³-hybridized carbons (Fsp3) is 0.938. The quantitative estimate of drug-likeness (QED) is 0.607. The third-order valence-corrected chi connectivity index (χ3v) is 5.41. The Labute approximate surface area is 106 Å². The van der Waals surface area contributed by atoms with Crippen LogP contribution in [0.25, 0.3) is 0 Å². The molecule has 1 heteroatoms. The molecule has 17 heavy (non-hydrogen) atoms. The Morgan fingerprint density at radius 1 is 0.941 bits per heavy atom. The summed E-state index contributed by atoms with van der Waals surface area (Å²) in [5, 5.41) is 0. The van der Waals surface area contributed by atoms with Crippen molar-refractivity contribution in [2.24, 2.45) is 28.1 Å². The highest BCUT2D eigenvalue weighted by molar-refractivity contribution is 5.84. The van der Waals surface area contributed by atoms with Gasteiger partial charge in [-0.1, -0.05) is 41.5 Å². The van der Waals surface area contributed by atoms with E-state index in [0.717, 1.165) is 6.42 Å². The van der Waals surface area contributed by atoms with Crippen molar-refractivity contribution in [3.63, 3.8) is 0 Å². The Hall–Kier alpha value is -0.330. The minimum absolute atomic E-state index is 0.274. The van der Waals surface area contributed by atoms with Crippen molar-refractivity contribution < 1.29 is 4.79 Å². The van der Waals surface area contributed by atoms with Crippen molar-refractivity contribution in [2.45, 2.75) is 67.2 Å². The first-order valence-corrected chi connectivity index (χ1v) is 7.11. The zero-order valence-electron chi connectivity index (χ0n) is 12.4. The summed E-state index contributed by atoms with van der Waals surface area (Å²) in [6.45, 7) is 14.0. The molecule has 2 fully saturated rings. The molecule has 2 aliphatic carbocycles. The molecular weight excluding hydrogens is 208 g/mol. The van der Waals surface area contributed by atoms with Gasteiger partial charge in [0.05, 0.1) is 0 Å². The van der Waals surface area contributed by atoms with E-state index >= 15 is 0 Å². The Balaban J connectivity index is 2.40. The summed E-state index contributed by atoms with van der Waals surface area (Å²) in [6.07, 6.45) is 4.57. The van der Waals surface area contributed by atoms with Crippen molar-refractivity contribution in [1.82, 2.24) is 0 Å². The van der Waals surface area contributed by atoms with Crippen LogP contribution < -0.4 is 0 Å². The van der Waals surface area contributed by atoms with E-state index in [-0.39, 0.29) is 11.3 Å². The van der Waals surface area contributed by atoms with E-state index < -0.39 is 0 Å². The fourth-order valence-corrected chi connectivity index (χ4v) is 5.35. The number of ketones is 1. The SMILES string of the molecule is C[C@@H]1C(=O)C[C@H](C)C12CC(C)(C)CC(C)(C)C2. The zero-order chi connectivity index (χ0) is 13.1. The highest BCUT2D eigenvalue weighted by Gasteiger charge is 2.57. The summed E-state index contributed by atoms with van der Waals surface area (Å²) in [5.74, 6) is 1.35. The first-order chi connectivity index (χ1) is 7.58. The van der Waals surface area contributed by atoms with E-state index in [0.29, 0.717) is 22.5 Å². The van der Waals surface area contributed by atoms with Crippen molar-refractivity contribution >= 4 is 5.78 Å².